The molecule has 0 N–H and O–H groups in total. The quantitative estimate of drug-likeness (QED) is 0.678. The van der Waals surface area contributed by atoms with Crippen LogP contribution in [0.3, 0.4) is 0 Å². The van der Waals surface area contributed by atoms with Crippen LogP contribution < -0.4 is 0 Å². The second-order valence-corrected chi connectivity index (χ2v) is 8.39. The summed E-state index contributed by atoms with van der Waals surface area (Å²) in [5.41, 5.74) is 0.332. The predicted octanol–water partition coefficient (Wildman–Crippen LogP) is 5.30. The Labute approximate surface area is 116 Å². The predicted molar refractivity (Wildman–Crippen MR) is 80.6 cm³/mol. The first kappa shape index (κ1) is 15.4. The van der Waals surface area contributed by atoms with E-state index in [-0.39, 0.29) is 16.6 Å². The van der Waals surface area contributed by atoms with Crippen molar-refractivity contribution in [3.8, 4) is 0 Å². The van der Waals surface area contributed by atoms with Gasteiger partial charge in [0.1, 0.15) is 0 Å². The largest absolute Gasteiger partial charge is 0.293 e. The molecule has 1 unspecified atom stereocenters. The molecule has 0 radical (unpaired) electrons. The van der Waals surface area contributed by atoms with Crippen molar-refractivity contribution in [2.45, 2.75) is 60.3 Å². The molecule has 0 aliphatic rings. The SMILES string of the molecule is CC(CC(=O)c1ccc(C(C)(C)C)s1)C(C)(C)C. The summed E-state index contributed by atoms with van der Waals surface area (Å²) in [5.74, 6) is 0.697. The molecule has 102 valence electrons. The lowest BCUT2D eigenvalue weighted by molar-refractivity contribution is 0.0931. The highest BCUT2D eigenvalue weighted by atomic mass is 32.1. The van der Waals surface area contributed by atoms with Gasteiger partial charge in [-0.2, -0.15) is 0 Å². The fourth-order valence-corrected chi connectivity index (χ4v) is 2.59. The van der Waals surface area contributed by atoms with Crippen LogP contribution in [0.1, 0.15) is 69.4 Å². The summed E-state index contributed by atoms with van der Waals surface area (Å²) in [6.07, 6.45) is 0.646. The lowest BCUT2D eigenvalue weighted by Gasteiger charge is -2.26. The standard InChI is InChI=1S/C16H26OS/c1-11(15(2,3)4)10-12(17)13-8-9-14(18-13)16(5,6)7/h8-9,11H,10H2,1-7H3. The van der Waals surface area contributed by atoms with Crippen molar-refractivity contribution in [3.05, 3.63) is 21.9 Å². The molecule has 0 aromatic carbocycles. The van der Waals surface area contributed by atoms with Crippen LogP contribution in [0, 0.1) is 11.3 Å². The number of hydrogen-bond acceptors (Lipinski definition) is 2. The topological polar surface area (TPSA) is 17.1 Å². The van der Waals surface area contributed by atoms with Crippen LogP contribution in [0.5, 0.6) is 0 Å². The monoisotopic (exact) mass is 266 g/mol. The van der Waals surface area contributed by atoms with Gasteiger partial charge in [-0.15, -0.1) is 11.3 Å². The molecular formula is C16H26OS. The van der Waals surface area contributed by atoms with E-state index in [1.54, 1.807) is 11.3 Å². The van der Waals surface area contributed by atoms with Crippen molar-refractivity contribution >= 4 is 17.1 Å². The van der Waals surface area contributed by atoms with Crippen molar-refractivity contribution in [3.63, 3.8) is 0 Å². The van der Waals surface area contributed by atoms with Crippen molar-refractivity contribution < 1.29 is 4.79 Å². The molecule has 1 nitrogen and oxygen atoms in total. The van der Waals surface area contributed by atoms with E-state index in [1.807, 2.05) is 6.07 Å². The smallest absolute Gasteiger partial charge is 0.173 e. The zero-order valence-electron chi connectivity index (χ0n) is 12.8. The van der Waals surface area contributed by atoms with Crippen LogP contribution in [0.25, 0.3) is 0 Å². The lowest BCUT2D eigenvalue weighted by Crippen LogP contribution is -2.20. The summed E-state index contributed by atoms with van der Waals surface area (Å²) in [4.78, 5) is 14.5. The molecular weight excluding hydrogens is 240 g/mol. The van der Waals surface area contributed by atoms with Gasteiger partial charge < -0.3 is 0 Å². The minimum Gasteiger partial charge on any atom is -0.293 e. The van der Waals surface area contributed by atoms with E-state index in [2.05, 4.69) is 54.5 Å². The molecule has 1 aromatic heterocycles. The Kier molecular flexibility index (Phi) is 4.42. The number of carbonyl (C=O) groups excluding carboxylic acids is 1. The average molecular weight is 266 g/mol. The van der Waals surface area contributed by atoms with E-state index in [1.165, 1.54) is 4.88 Å². The Morgan fingerprint density at radius 1 is 1.17 bits per heavy atom. The fourth-order valence-electron chi connectivity index (χ4n) is 1.58. The van der Waals surface area contributed by atoms with E-state index in [9.17, 15) is 4.79 Å². The van der Waals surface area contributed by atoms with E-state index >= 15 is 0 Å². The van der Waals surface area contributed by atoms with E-state index in [4.69, 9.17) is 0 Å². The van der Waals surface area contributed by atoms with Crippen LogP contribution in [0.15, 0.2) is 12.1 Å². The van der Waals surface area contributed by atoms with Gasteiger partial charge in [0.15, 0.2) is 5.78 Å². The summed E-state index contributed by atoms with van der Waals surface area (Å²) in [5, 5.41) is 0. The molecule has 2 heteroatoms. The maximum Gasteiger partial charge on any atom is 0.173 e. The molecule has 0 amide bonds. The van der Waals surface area contributed by atoms with Crippen LogP contribution in [-0.4, -0.2) is 5.78 Å². The van der Waals surface area contributed by atoms with Gasteiger partial charge in [-0.05, 0) is 28.9 Å². The molecule has 1 atom stereocenters. The van der Waals surface area contributed by atoms with Gasteiger partial charge in [-0.25, -0.2) is 0 Å². The number of hydrogen-bond donors (Lipinski definition) is 0. The molecule has 0 aliphatic heterocycles. The van der Waals surface area contributed by atoms with Gasteiger partial charge in [-0.1, -0.05) is 48.5 Å². The van der Waals surface area contributed by atoms with Gasteiger partial charge in [0, 0.05) is 11.3 Å². The summed E-state index contributed by atoms with van der Waals surface area (Å²) in [6.45, 7) is 15.3. The zero-order chi connectivity index (χ0) is 14.1. The first-order valence-corrected chi connectivity index (χ1v) is 7.47. The van der Waals surface area contributed by atoms with Gasteiger partial charge >= 0.3 is 0 Å². The van der Waals surface area contributed by atoms with E-state index in [0.717, 1.165) is 4.88 Å². The molecule has 1 rings (SSSR count). The number of thiophene rings is 1. The maximum absolute atomic E-state index is 12.3. The number of ketones is 1. The normalized spacial score (nSPS) is 14.6. The molecule has 1 aromatic rings. The average Bonchev–Trinajstić information content (AvgIpc) is 2.63. The summed E-state index contributed by atoms with van der Waals surface area (Å²) in [7, 11) is 0. The molecule has 0 fully saturated rings. The second-order valence-electron chi connectivity index (χ2n) is 7.31. The van der Waals surface area contributed by atoms with Gasteiger partial charge in [0.25, 0.3) is 0 Å². The molecule has 0 aliphatic carbocycles. The minimum absolute atomic E-state index is 0.138. The lowest BCUT2D eigenvalue weighted by atomic mass is 9.79. The molecule has 0 bridgehead atoms. The minimum atomic E-state index is 0.138. The Morgan fingerprint density at radius 3 is 2.11 bits per heavy atom. The van der Waals surface area contributed by atoms with Crippen molar-refractivity contribution in [1.29, 1.82) is 0 Å². The van der Waals surface area contributed by atoms with Crippen molar-refractivity contribution in [2.24, 2.45) is 11.3 Å². The van der Waals surface area contributed by atoms with Crippen LogP contribution in [0.2, 0.25) is 0 Å². The van der Waals surface area contributed by atoms with Crippen LogP contribution in [0.4, 0.5) is 0 Å². The highest BCUT2D eigenvalue weighted by molar-refractivity contribution is 7.14. The van der Waals surface area contributed by atoms with Crippen LogP contribution in [-0.2, 0) is 5.41 Å². The highest BCUT2D eigenvalue weighted by Gasteiger charge is 2.24. The van der Waals surface area contributed by atoms with Crippen molar-refractivity contribution in [1.82, 2.24) is 0 Å². The Bertz CT molecular complexity index is 415. The van der Waals surface area contributed by atoms with Crippen molar-refractivity contribution in [2.75, 3.05) is 0 Å². The first-order valence-electron chi connectivity index (χ1n) is 6.65. The molecule has 0 saturated carbocycles. The first-order chi connectivity index (χ1) is 8.01. The summed E-state index contributed by atoms with van der Waals surface area (Å²) >= 11 is 1.65. The maximum atomic E-state index is 12.3. The van der Waals surface area contributed by atoms with E-state index < -0.39 is 0 Å². The number of Topliss-reactive ketones (excluding diaryl/α,β-unsaturated/α-hetero) is 1. The second kappa shape index (κ2) is 5.16. The van der Waals surface area contributed by atoms with Gasteiger partial charge in [0.05, 0.1) is 4.88 Å². The Balaban J connectivity index is 2.77. The third-order valence-corrected chi connectivity index (χ3v) is 5.14. The summed E-state index contributed by atoms with van der Waals surface area (Å²) in [6, 6.07) is 4.09. The Hall–Kier alpha value is -0.630. The number of carbonyl (C=O) groups is 1. The third-order valence-electron chi connectivity index (χ3n) is 3.59. The molecule has 0 spiro atoms. The highest BCUT2D eigenvalue weighted by Crippen LogP contribution is 2.33. The number of rotatable bonds is 3. The molecule has 0 saturated heterocycles. The summed E-state index contributed by atoms with van der Waals surface area (Å²) < 4.78 is 0. The van der Waals surface area contributed by atoms with Gasteiger partial charge in [0.2, 0.25) is 0 Å². The zero-order valence-corrected chi connectivity index (χ0v) is 13.6. The molecule has 1 heterocycles. The molecule has 18 heavy (non-hydrogen) atoms. The third kappa shape index (κ3) is 3.94. The van der Waals surface area contributed by atoms with Gasteiger partial charge in [-0.3, -0.25) is 4.79 Å². The Morgan fingerprint density at radius 2 is 1.72 bits per heavy atom. The van der Waals surface area contributed by atoms with E-state index in [0.29, 0.717) is 12.3 Å². The fraction of sp³-hybridized carbons (Fsp3) is 0.688. The van der Waals surface area contributed by atoms with Crippen LogP contribution >= 0.6 is 11.3 Å².